The first-order valence-corrected chi connectivity index (χ1v) is 9.84. The number of rotatable bonds is 10. The van der Waals surface area contributed by atoms with Gasteiger partial charge in [-0.15, -0.1) is 0 Å². The molecule has 0 bridgehead atoms. The van der Waals surface area contributed by atoms with Crippen molar-refractivity contribution in [2.75, 3.05) is 54.5 Å². The molecule has 0 saturated heterocycles. The molecular weight excluding hydrogens is 336 g/mol. The molecule has 27 heavy (non-hydrogen) atoms. The molecule has 2 aromatic rings. The van der Waals surface area contributed by atoms with Crippen LogP contribution in [0.3, 0.4) is 0 Å². The smallest absolute Gasteiger partial charge is 0.119 e. The van der Waals surface area contributed by atoms with Crippen molar-refractivity contribution in [3.8, 4) is 22.6 Å². The molecule has 0 aliphatic heterocycles. The average Bonchev–Trinajstić information content (AvgIpc) is 2.99. The topological polar surface area (TPSA) is 24.9 Å². The standard InChI is InChI=1S/C23H32N2O2/c1-24(2)11-5-13-26-20-7-9-22-18(16-20)15-19-17-21(8-10-23(19)22)27-14-6-12-25(3)4/h7-10,16-17H,5-6,11-15H2,1-4H3. The second-order valence-corrected chi connectivity index (χ2v) is 7.83. The third-order valence-corrected chi connectivity index (χ3v) is 4.86. The van der Waals surface area contributed by atoms with E-state index in [9.17, 15) is 0 Å². The molecule has 0 unspecified atom stereocenters. The second-order valence-electron chi connectivity index (χ2n) is 7.83. The van der Waals surface area contributed by atoms with Crippen LogP contribution in [0.25, 0.3) is 11.1 Å². The van der Waals surface area contributed by atoms with Crippen LogP contribution in [-0.4, -0.2) is 64.3 Å². The average molecular weight is 369 g/mol. The van der Waals surface area contributed by atoms with Crippen molar-refractivity contribution in [1.82, 2.24) is 9.80 Å². The van der Waals surface area contributed by atoms with E-state index in [-0.39, 0.29) is 0 Å². The Bertz CT molecular complexity index is 693. The molecule has 4 nitrogen and oxygen atoms in total. The first-order chi connectivity index (χ1) is 13.0. The highest BCUT2D eigenvalue weighted by molar-refractivity contribution is 5.78. The summed E-state index contributed by atoms with van der Waals surface area (Å²) < 4.78 is 11.9. The molecule has 0 aromatic heterocycles. The number of fused-ring (bicyclic) bond motifs is 3. The van der Waals surface area contributed by atoms with E-state index in [1.807, 2.05) is 0 Å². The molecule has 1 aliphatic rings. The van der Waals surface area contributed by atoms with Gasteiger partial charge in [0.25, 0.3) is 0 Å². The minimum atomic E-state index is 0.759. The van der Waals surface area contributed by atoms with Crippen LogP contribution in [0.1, 0.15) is 24.0 Å². The molecule has 0 N–H and O–H groups in total. The van der Waals surface area contributed by atoms with E-state index >= 15 is 0 Å². The summed E-state index contributed by atoms with van der Waals surface area (Å²) >= 11 is 0. The molecule has 0 amide bonds. The van der Waals surface area contributed by atoms with Crippen LogP contribution < -0.4 is 9.47 Å². The van der Waals surface area contributed by atoms with Gasteiger partial charge in [0.05, 0.1) is 13.2 Å². The van der Waals surface area contributed by atoms with Gasteiger partial charge in [0.1, 0.15) is 11.5 Å². The lowest BCUT2D eigenvalue weighted by Crippen LogP contribution is -2.15. The van der Waals surface area contributed by atoms with E-state index in [2.05, 4.69) is 74.4 Å². The van der Waals surface area contributed by atoms with Crippen LogP contribution in [0, 0.1) is 0 Å². The predicted octanol–water partition coefficient (Wildman–Crippen LogP) is 3.92. The minimum absolute atomic E-state index is 0.759. The molecule has 1 aliphatic carbocycles. The number of benzene rings is 2. The molecular formula is C23H32N2O2. The van der Waals surface area contributed by atoms with E-state index in [1.165, 1.54) is 22.3 Å². The maximum Gasteiger partial charge on any atom is 0.119 e. The fourth-order valence-electron chi connectivity index (χ4n) is 3.48. The normalized spacial score (nSPS) is 12.4. The molecule has 0 radical (unpaired) electrons. The van der Waals surface area contributed by atoms with Crippen LogP contribution >= 0.6 is 0 Å². The lowest BCUT2D eigenvalue weighted by Gasteiger charge is -2.11. The van der Waals surface area contributed by atoms with Gasteiger partial charge in [0, 0.05) is 13.1 Å². The van der Waals surface area contributed by atoms with Crippen molar-refractivity contribution in [1.29, 1.82) is 0 Å². The van der Waals surface area contributed by atoms with E-state index in [0.717, 1.165) is 57.1 Å². The SMILES string of the molecule is CN(C)CCCOc1ccc2c(c1)Cc1cc(OCCCN(C)C)ccc1-2. The first-order valence-electron chi connectivity index (χ1n) is 9.84. The zero-order valence-electron chi connectivity index (χ0n) is 17.1. The van der Waals surface area contributed by atoms with Gasteiger partial charge in [-0.25, -0.2) is 0 Å². The monoisotopic (exact) mass is 368 g/mol. The third-order valence-electron chi connectivity index (χ3n) is 4.86. The number of ether oxygens (including phenoxy) is 2. The van der Waals surface area contributed by atoms with Gasteiger partial charge < -0.3 is 19.3 Å². The molecule has 4 heteroatoms. The molecule has 0 spiro atoms. The lowest BCUT2D eigenvalue weighted by molar-refractivity contribution is 0.281. The van der Waals surface area contributed by atoms with Crippen LogP contribution in [0.15, 0.2) is 36.4 Å². The highest BCUT2D eigenvalue weighted by Gasteiger charge is 2.19. The Hall–Kier alpha value is -2.04. The Morgan fingerprint density at radius 2 is 1.15 bits per heavy atom. The predicted molar refractivity (Wildman–Crippen MR) is 112 cm³/mol. The van der Waals surface area contributed by atoms with Gasteiger partial charge >= 0.3 is 0 Å². The summed E-state index contributed by atoms with van der Waals surface area (Å²) in [6.07, 6.45) is 3.03. The van der Waals surface area contributed by atoms with Gasteiger partial charge in [-0.1, -0.05) is 12.1 Å². The molecule has 3 rings (SSSR count). The molecule has 0 fully saturated rings. The molecule has 0 saturated carbocycles. The Morgan fingerprint density at radius 3 is 1.56 bits per heavy atom. The summed E-state index contributed by atoms with van der Waals surface area (Å²) in [7, 11) is 8.36. The quantitative estimate of drug-likeness (QED) is 0.507. The van der Waals surface area contributed by atoms with E-state index in [4.69, 9.17) is 9.47 Å². The van der Waals surface area contributed by atoms with Gasteiger partial charge in [-0.3, -0.25) is 0 Å². The summed E-state index contributed by atoms with van der Waals surface area (Å²) in [6, 6.07) is 13.0. The van der Waals surface area contributed by atoms with Crippen LogP contribution in [-0.2, 0) is 6.42 Å². The van der Waals surface area contributed by atoms with Gasteiger partial charge in [0.15, 0.2) is 0 Å². The molecule has 2 aromatic carbocycles. The van der Waals surface area contributed by atoms with Crippen molar-refractivity contribution in [2.45, 2.75) is 19.3 Å². The number of nitrogens with zero attached hydrogens (tertiary/aromatic N) is 2. The zero-order valence-corrected chi connectivity index (χ0v) is 17.1. The van der Waals surface area contributed by atoms with Crippen molar-refractivity contribution < 1.29 is 9.47 Å². The minimum Gasteiger partial charge on any atom is -0.494 e. The van der Waals surface area contributed by atoms with Crippen molar-refractivity contribution >= 4 is 0 Å². The van der Waals surface area contributed by atoms with Gasteiger partial charge in [-0.05, 0) is 94.0 Å². The van der Waals surface area contributed by atoms with Gasteiger partial charge in [-0.2, -0.15) is 0 Å². The highest BCUT2D eigenvalue weighted by atomic mass is 16.5. The lowest BCUT2D eigenvalue weighted by atomic mass is 10.1. The molecule has 0 heterocycles. The van der Waals surface area contributed by atoms with Crippen molar-refractivity contribution in [3.05, 3.63) is 47.5 Å². The highest BCUT2D eigenvalue weighted by Crippen LogP contribution is 2.39. The zero-order chi connectivity index (χ0) is 19.2. The van der Waals surface area contributed by atoms with Gasteiger partial charge in [0.2, 0.25) is 0 Å². The Balaban J connectivity index is 1.58. The summed E-state index contributed by atoms with van der Waals surface area (Å²) in [5, 5.41) is 0. The summed E-state index contributed by atoms with van der Waals surface area (Å²) in [4.78, 5) is 4.37. The first kappa shape index (κ1) is 19.7. The molecule has 146 valence electrons. The Kier molecular flexibility index (Phi) is 6.75. The van der Waals surface area contributed by atoms with E-state index in [0.29, 0.717) is 0 Å². The largest absolute Gasteiger partial charge is 0.494 e. The van der Waals surface area contributed by atoms with Crippen molar-refractivity contribution in [3.63, 3.8) is 0 Å². The molecule has 0 atom stereocenters. The van der Waals surface area contributed by atoms with Crippen molar-refractivity contribution in [2.24, 2.45) is 0 Å². The summed E-state index contributed by atoms with van der Waals surface area (Å²) in [6.45, 7) is 3.62. The van der Waals surface area contributed by atoms with Crippen LogP contribution in [0.5, 0.6) is 11.5 Å². The fourth-order valence-corrected chi connectivity index (χ4v) is 3.48. The Morgan fingerprint density at radius 1 is 0.704 bits per heavy atom. The Labute approximate surface area is 163 Å². The second kappa shape index (κ2) is 9.25. The van der Waals surface area contributed by atoms with E-state index < -0.39 is 0 Å². The summed E-state index contributed by atoms with van der Waals surface area (Å²) in [5.74, 6) is 1.95. The maximum absolute atomic E-state index is 5.93. The third kappa shape index (κ3) is 5.47. The number of hydrogen-bond acceptors (Lipinski definition) is 4. The van der Waals surface area contributed by atoms with E-state index in [1.54, 1.807) is 0 Å². The fraction of sp³-hybridized carbons (Fsp3) is 0.478. The summed E-state index contributed by atoms with van der Waals surface area (Å²) in [5.41, 5.74) is 5.34. The number of hydrogen-bond donors (Lipinski definition) is 0. The maximum atomic E-state index is 5.93. The van der Waals surface area contributed by atoms with Crippen LogP contribution in [0.2, 0.25) is 0 Å². The van der Waals surface area contributed by atoms with Crippen LogP contribution in [0.4, 0.5) is 0 Å².